The lowest BCUT2D eigenvalue weighted by Crippen LogP contribution is -2.14. The molecule has 0 fully saturated rings. The van der Waals surface area contributed by atoms with Gasteiger partial charge in [-0.05, 0) is 68.9 Å². The van der Waals surface area contributed by atoms with Crippen LogP contribution in [0.3, 0.4) is 0 Å². The summed E-state index contributed by atoms with van der Waals surface area (Å²) < 4.78 is 7.76. The molecule has 0 aliphatic rings. The molecule has 0 bridgehead atoms. The molecule has 114 valence electrons. The quantitative estimate of drug-likeness (QED) is 0.505. The minimum atomic E-state index is 0.742. The van der Waals surface area contributed by atoms with E-state index in [1.54, 1.807) is 0 Å². The first-order chi connectivity index (χ1) is 9.69. The topological polar surface area (TPSA) is 21.3 Å². The van der Waals surface area contributed by atoms with Crippen molar-refractivity contribution in [2.45, 2.75) is 52.5 Å². The number of benzene rings is 1. The monoisotopic (exact) mass is 405 g/mol. The number of unbranched alkanes of at least 4 members (excludes halogenated alkanes) is 3. The lowest BCUT2D eigenvalue weighted by Gasteiger charge is -2.12. The van der Waals surface area contributed by atoms with E-state index < -0.39 is 0 Å². The highest BCUT2D eigenvalue weighted by molar-refractivity contribution is 9.11. The second kappa shape index (κ2) is 10.6. The minimum absolute atomic E-state index is 0.742. The van der Waals surface area contributed by atoms with Gasteiger partial charge in [0, 0.05) is 6.54 Å². The van der Waals surface area contributed by atoms with Crippen LogP contribution in [0.5, 0.6) is 5.75 Å². The molecule has 0 amide bonds. The molecule has 0 radical (unpaired) electrons. The smallest absolute Gasteiger partial charge is 0.147 e. The number of halogens is 2. The zero-order chi connectivity index (χ0) is 14.8. The van der Waals surface area contributed by atoms with E-state index in [1.807, 2.05) is 0 Å². The lowest BCUT2D eigenvalue weighted by molar-refractivity contribution is 0.313. The molecule has 1 N–H and O–H groups in total. The van der Waals surface area contributed by atoms with Crippen molar-refractivity contribution in [1.82, 2.24) is 5.32 Å². The largest absolute Gasteiger partial charge is 0.491 e. The maximum absolute atomic E-state index is 5.73. The first kappa shape index (κ1) is 18.0. The summed E-state index contributed by atoms with van der Waals surface area (Å²) in [4.78, 5) is 0. The Morgan fingerprint density at radius 1 is 1.00 bits per heavy atom. The number of ether oxygens (including phenoxy) is 1. The van der Waals surface area contributed by atoms with Gasteiger partial charge in [-0.2, -0.15) is 0 Å². The van der Waals surface area contributed by atoms with Gasteiger partial charge < -0.3 is 10.1 Å². The van der Waals surface area contributed by atoms with E-state index in [1.165, 1.54) is 31.2 Å². The van der Waals surface area contributed by atoms with Gasteiger partial charge in [0.1, 0.15) is 5.75 Å². The number of hydrogen-bond donors (Lipinski definition) is 1. The van der Waals surface area contributed by atoms with Crippen molar-refractivity contribution in [3.8, 4) is 5.75 Å². The van der Waals surface area contributed by atoms with E-state index in [0.717, 1.165) is 40.8 Å². The number of nitrogens with one attached hydrogen (secondary N) is 1. The third-order valence-corrected chi connectivity index (χ3v) is 4.22. The van der Waals surface area contributed by atoms with Crippen LogP contribution in [0.4, 0.5) is 0 Å². The van der Waals surface area contributed by atoms with Crippen LogP contribution in [-0.4, -0.2) is 13.2 Å². The van der Waals surface area contributed by atoms with Gasteiger partial charge >= 0.3 is 0 Å². The molecular weight excluding hydrogens is 382 g/mol. The maximum Gasteiger partial charge on any atom is 0.147 e. The molecule has 20 heavy (non-hydrogen) atoms. The van der Waals surface area contributed by atoms with Gasteiger partial charge in [-0.1, -0.05) is 33.1 Å². The van der Waals surface area contributed by atoms with Gasteiger partial charge in [0.05, 0.1) is 15.6 Å². The third-order valence-electron chi connectivity index (χ3n) is 3.04. The van der Waals surface area contributed by atoms with E-state index in [9.17, 15) is 0 Å². The Morgan fingerprint density at radius 2 is 1.70 bits per heavy atom. The molecule has 0 saturated carbocycles. The Hall–Kier alpha value is -0.0600. The Bertz CT molecular complexity index is 373. The highest BCUT2D eigenvalue weighted by atomic mass is 79.9. The van der Waals surface area contributed by atoms with Crippen molar-refractivity contribution in [1.29, 1.82) is 0 Å². The van der Waals surface area contributed by atoms with Crippen molar-refractivity contribution in [3.63, 3.8) is 0 Å². The third kappa shape index (κ3) is 6.59. The van der Waals surface area contributed by atoms with Crippen molar-refractivity contribution in [2.24, 2.45) is 0 Å². The fourth-order valence-electron chi connectivity index (χ4n) is 1.97. The normalized spacial score (nSPS) is 10.8. The molecule has 1 aromatic carbocycles. The number of hydrogen-bond acceptors (Lipinski definition) is 2. The zero-order valence-corrected chi connectivity index (χ0v) is 15.6. The average molecular weight is 407 g/mol. The van der Waals surface area contributed by atoms with Crippen LogP contribution in [0.1, 0.15) is 51.5 Å². The molecule has 0 aromatic heterocycles. The fourth-order valence-corrected chi connectivity index (χ4v) is 3.48. The van der Waals surface area contributed by atoms with Crippen molar-refractivity contribution >= 4 is 31.9 Å². The van der Waals surface area contributed by atoms with Crippen molar-refractivity contribution < 1.29 is 4.74 Å². The van der Waals surface area contributed by atoms with Crippen LogP contribution >= 0.6 is 31.9 Å². The lowest BCUT2D eigenvalue weighted by atomic mass is 10.2. The molecule has 0 aliphatic heterocycles. The SMILES string of the molecule is CCCCCCNCc1cc(Br)c(OCCC)c(Br)c1. The van der Waals surface area contributed by atoms with Crippen molar-refractivity contribution in [3.05, 3.63) is 26.6 Å². The van der Waals surface area contributed by atoms with E-state index in [-0.39, 0.29) is 0 Å². The molecule has 0 atom stereocenters. The Morgan fingerprint density at radius 3 is 2.30 bits per heavy atom. The Labute approximate surface area is 139 Å². The van der Waals surface area contributed by atoms with Gasteiger partial charge in [0.25, 0.3) is 0 Å². The van der Waals surface area contributed by atoms with E-state index in [4.69, 9.17) is 4.74 Å². The molecule has 1 aromatic rings. The Kier molecular flexibility index (Phi) is 9.57. The predicted octanol–water partition coefficient (Wildman–Crippen LogP) is 5.67. The number of rotatable bonds is 10. The predicted molar refractivity (Wildman–Crippen MR) is 93.5 cm³/mol. The summed E-state index contributed by atoms with van der Waals surface area (Å²) in [6.07, 6.45) is 6.22. The van der Waals surface area contributed by atoms with Gasteiger partial charge in [0.15, 0.2) is 0 Å². The highest BCUT2D eigenvalue weighted by Crippen LogP contribution is 2.34. The van der Waals surface area contributed by atoms with Gasteiger partial charge in [-0.3, -0.25) is 0 Å². The van der Waals surface area contributed by atoms with Crippen LogP contribution < -0.4 is 10.1 Å². The standard InChI is InChI=1S/C16H25Br2NO/c1-3-5-6-7-8-19-12-13-10-14(17)16(15(18)11-13)20-9-4-2/h10-11,19H,3-9,12H2,1-2H3. The zero-order valence-electron chi connectivity index (χ0n) is 12.5. The van der Waals surface area contributed by atoms with Crippen molar-refractivity contribution in [2.75, 3.05) is 13.2 Å². The van der Waals surface area contributed by atoms with Crippen LogP contribution in [0, 0.1) is 0 Å². The summed E-state index contributed by atoms with van der Waals surface area (Å²) in [5.74, 6) is 0.901. The summed E-state index contributed by atoms with van der Waals surface area (Å²) in [6.45, 7) is 7.08. The molecule has 0 heterocycles. The van der Waals surface area contributed by atoms with Gasteiger partial charge in [-0.15, -0.1) is 0 Å². The molecule has 4 heteroatoms. The molecule has 0 spiro atoms. The van der Waals surface area contributed by atoms with Crippen LogP contribution in [0.25, 0.3) is 0 Å². The molecule has 0 unspecified atom stereocenters. The molecule has 2 nitrogen and oxygen atoms in total. The average Bonchev–Trinajstić information content (AvgIpc) is 2.42. The summed E-state index contributed by atoms with van der Waals surface area (Å²) in [5, 5.41) is 3.50. The first-order valence-corrected chi connectivity index (χ1v) is 9.09. The summed E-state index contributed by atoms with van der Waals surface area (Å²) >= 11 is 7.18. The summed E-state index contributed by atoms with van der Waals surface area (Å²) in [6, 6.07) is 4.27. The molecule has 0 aliphatic carbocycles. The van der Waals surface area contributed by atoms with E-state index >= 15 is 0 Å². The highest BCUT2D eigenvalue weighted by Gasteiger charge is 2.08. The maximum atomic E-state index is 5.73. The molecule has 0 saturated heterocycles. The van der Waals surface area contributed by atoms with E-state index in [2.05, 4.69) is 63.2 Å². The second-order valence-electron chi connectivity index (χ2n) is 4.97. The fraction of sp³-hybridized carbons (Fsp3) is 0.625. The summed E-state index contributed by atoms with van der Waals surface area (Å²) in [7, 11) is 0. The minimum Gasteiger partial charge on any atom is -0.491 e. The molecule has 1 rings (SSSR count). The second-order valence-corrected chi connectivity index (χ2v) is 6.68. The first-order valence-electron chi connectivity index (χ1n) is 7.50. The van der Waals surface area contributed by atoms with E-state index in [0.29, 0.717) is 0 Å². The van der Waals surface area contributed by atoms with Crippen LogP contribution in [0.15, 0.2) is 21.1 Å². The van der Waals surface area contributed by atoms with Gasteiger partial charge in [-0.25, -0.2) is 0 Å². The summed E-state index contributed by atoms with van der Waals surface area (Å²) in [5.41, 5.74) is 1.27. The van der Waals surface area contributed by atoms with Crippen LogP contribution in [-0.2, 0) is 6.54 Å². The van der Waals surface area contributed by atoms with Crippen LogP contribution in [0.2, 0.25) is 0 Å². The Balaban J connectivity index is 2.43. The van der Waals surface area contributed by atoms with Gasteiger partial charge in [0.2, 0.25) is 0 Å². The molecular formula is C16H25Br2NO.